The maximum Gasteiger partial charge on any atom is 0.335 e. The molecular formula is C18H17NO3. The molecule has 2 aromatic carbocycles. The first-order valence-electron chi connectivity index (χ1n) is 7.26. The standard InChI is InChI=1S/C18H17NO3/c1-11-15(3-2-4-16(11)18(21)22)13-7-5-12(6-8-13)14-9-17(20)19-10-14/h2-8,14H,9-10H2,1H3,(H,19,20)(H,21,22). The van der Waals surface area contributed by atoms with Gasteiger partial charge in [-0.05, 0) is 35.2 Å². The third-order valence-electron chi connectivity index (χ3n) is 4.23. The summed E-state index contributed by atoms with van der Waals surface area (Å²) in [4.78, 5) is 22.5. The highest BCUT2D eigenvalue weighted by Gasteiger charge is 2.22. The zero-order valence-electron chi connectivity index (χ0n) is 12.3. The predicted octanol–water partition coefficient (Wildman–Crippen LogP) is 2.96. The smallest absolute Gasteiger partial charge is 0.335 e. The van der Waals surface area contributed by atoms with Crippen molar-refractivity contribution in [3.63, 3.8) is 0 Å². The lowest BCUT2D eigenvalue weighted by atomic mass is 9.93. The summed E-state index contributed by atoms with van der Waals surface area (Å²) in [6.07, 6.45) is 0.535. The highest BCUT2D eigenvalue weighted by molar-refractivity contribution is 5.92. The minimum absolute atomic E-state index is 0.0964. The fourth-order valence-electron chi connectivity index (χ4n) is 2.96. The van der Waals surface area contributed by atoms with Crippen LogP contribution in [0.5, 0.6) is 0 Å². The van der Waals surface area contributed by atoms with E-state index in [1.807, 2.05) is 37.3 Å². The predicted molar refractivity (Wildman–Crippen MR) is 83.9 cm³/mol. The second-order valence-corrected chi connectivity index (χ2v) is 5.61. The zero-order chi connectivity index (χ0) is 15.7. The summed E-state index contributed by atoms with van der Waals surface area (Å²) in [5, 5.41) is 12.0. The third-order valence-corrected chi connectivity index (χ3v) is 4.23. The van der Waals surface area contributed by atoms with Crippen LogP contribution in [0.4, 0.5) is 0 Å². The third kappa shape index (κ3) is 2.60. The summed E-state index contributed by atoms with van der Waals surface area (Å²) in [6, 6.07) is 13.3. The molecule has 1 saturated heterocycles. The summed E-state index contributed by atoms with van der Waals surface area (Å²) in [6.45, 7) is 2.51. The van der Waals surface area contributed by atoms with Gasteiger partial charge in [-0.25, -0.2) is 4.79 Å². The van der Waals surface area contributed by atoms with E-state index in [9.17, 15) is 14.7 Å². The van der Waals surface area contributed by atoms with Crippen LogP contribution in [0.1, 0.15) is 33.8 Å². The molecule has 1 unspecified atom stereocenters. The lowest BCUT2D eigenvalue weighted by Gasteiger charge is -2.11. The molecule has 2 N–H and O–H groups in total. The number of carbonyl (C=O) groups is 2. The summed E-state index contributed by atoms with van der Waals surface area (Å²) in [5.41, 5.74) is 4.13. The number of carbonyl (C=O) groups excluding carboxylic acids is 1. The van der Waals surface area contributed by atoms with Gasteiger partial charge in [0.1, 0.15) is 0 Å². The van der Waals surface area contributed by atoms with Crippen molar-refractivity contribution in [2.75, 3.05) is 6.54 Å². The Kier molecular flexibility index (Phi) is 3.67. The molecule has 1 aliphatic rings. The molecule has 22 heavy (non-hydrogen) atoms. The van der Waals surface area contributed by atoms with Gasteiger partial charge >= 0.3 is 5.97 Å². The van der Waals surface area contributed by atoms with Crippen molar-refractivity contribution in [2.24, 2.45) is 0 Å². The van der Waals surface area contributed by atoms with Gasteiger partial charge in [0.05, 0.1) is 5.56 Å². The van der Waals surface area contributed by atoms with Crippen molar-refractivity contribution in [1.82, 2.24) is 5.32 Å². The number of hydrogen-bond acceptors (Lipinski definition) is 2. The van der Waals surface area contributed by atoms with Crippen LogP contribution >= 0.6 is 0 Å². The molecule has 4 heteroatoms. The van der Waals surface area contributed by atoms with Crippen LogP contribution in [-0.4, -0.2) is 23.5 Å². The van der Waals surface area contributed by atoms with E-state index in [-0.39, 0.29) is 11.8 Å². The lowest BCUT2D eigenvalue weighted by molar-refractivity contribution is -0.119. The minimum Gasteiger partial charge on any atom is -0.478 e. The van der Waals surface area contributed by atoms with Crippen molar-refractivity contribution in [3.8, 4) is 11.1 Å². The number of carboxylic acid groups (broad SMARTS) is 1. The largest absolute Gasteiger partial charge is 0.478 e. The van der Waals surface area contributed by atoms with Crippen molar-refractivity contribution < 1.29 is 14.7 Å². The Hall–Kier alpha value is -2.62. The van der Waals surface area contributed by atoms with Crippen LogP contribution in [0.25, 0.3) is 11.1 Å². The van der Waals surface area contributed by atoms with Gasteiger partial charge < -0.3 is 10.4 Å². The molecule has 1 amide bonds. The van der Waals surface area contributed by atoms with E-state index in [1.54, 1.807) is 12.1 Å². The molecule has 1 heterocycles. The second-order valence-electron chi connectivity index (χ2n) is 5.61. The summed E-state index contributed by atoms with van der Waals surface area (Å²) in [5.74, 6) is -0.585. The molecule has 0 saturated carbocycles. The number of rotatable bonds is 3. The molecule has 0 aliphatic carbocycles. The van der Waals surface area contributed by atoms with Crippen LogP contribution in [0.3, 0.4) is 0 Å². The number of benzene rings is 2. The van der Waals surface area contributed by atoms with E-state index in [1.165, 1.54) is 0 Å². The Balaban J connectivity index is 1.92. The van der Waals surface area contributed by atoms with Gasteiger partial charge in [-0.3, -0.25) is 4.79 Å². The topological polar surface area (TPSA) is 66.4 Å². The molecule has 0 spiro atoms. The van der Waals surface area contributed by atoms with E-state index in [2.05, 4.69) is 5.32 Å². The molecule has 1 atom stereocenters. The zero-order valence-corrected chi connectivity index (χ0v) is 12.3. The van der Waals surface area contributed by atoms with E-state index in [0.29, 0.717) is 18.5 Å². The highest BCUT2D eigenvalue weighted by Crippen LogP contribution is 2.29. The maximum absolute atomic E-state index is 11.3. The molecule has 2 aromatic rings. The summed E-state index contributed by atoms with van der Waals surface area (Å²) in [7, 11) is 0. The molecule has 3 rings (SSSR count). The number of amides is 1. The Morgan fingerprint density at radius 3 is 2.50 bits per heavy atom. The van der Waals surface area contributed by atoms with Crippen LogP contribution < -0.4 is 5.32 Å². The molecular weight excluding hydrogens is 278 g/mol. The van der Waals surface area contributed by atoms with Gasteiger partial charge in [0.2, 0.25) is 5.91 Å². The molecule has 1 aliphatic heterocycles. The molecule has 0 radical (unpaired) electrons. The monoisotopic (exact) mass is 295 g/mol. The van der Waals surface area contributed by atoms with E-state index in [0.717, 1.165) is 22.3 Å². The van der Waals surface area contributed by atoms with Crippen molar-refractivity contribution in [3.05, 3.63) is 59.2 Å². The van der Waals surface area contributed by atoms with Crippen molar-refractivity contribution >= 4 is 11.9 Å². The number of nitrogens with one attached hydrogen (secondary N) is 1. The number of hydrogen-bond donors (Lipinski definition) is 2. The van der Waals surface area contributed by atoms with Crippen molar-refractivity contribution in [2.45, 2.75) is 19.3 Å². The van der Waals surface area contributed by atoms with Gasteiger partial charge in [-0.15, -0.1) is 0 Å². The molecule has 1 fully saturated rings. The van der Waals surface area contributed by atoms with Gasteiger partial charge in [0.25, 0.3) is 0 Å². The van der Waals surface area contributed by atoms with Gasteiger partial charge in [0.15, 0.2) is 0 Å². The molecule has 4 nitrogen and oxygen atoms in total. The van der Waals surface area contributed by atoms with Crippen LogP contribution in [0.15, 0.2) is 42.5 Å². The lowest BCUT2D eigenvalue weighted by Crippen LogP contribution is -2.13. The first kappa shape index (κ1) is 14.3. The fraction of sp³-hybridized carbons (Fsp3) is 0.222. The second kappa shape index (κ2) is 5.64. The minimum atomic E-state index is -0.911. The Morgan fingerprint density at radius 1 is 1.18 bits per heavy atom. The van der Waals surface area contributed by atoms with Crippen LogP contribution in [0, 0.1) is 6.92 Å². The maximum atomic E-state index is 11.3. The van der Waals surface area contributed by atoms with E-state index < -0.39 is 5.97 Å². The fourth-order valence-corrected chi connectivity index (χ4v) is 2.96. The quantitative estimate of drug-likeness (QED) is 0.915. The van der Waals surface area contributed by atoms with Crippen LogP contribution in [-0.2, 0) is 4.79 Å². The van der Waals surface area contributed by atoms with Gasteiger partial charge in [-0.1, -0.05) is 36.4 Å². The molecule has 0 bridgehead atoms. The van der Waals surface area contributed by atoms with E-state index in [4.69, 9.17) is 0 Å². The average Bonchev–Trinajstić information content (AvgIpc) is 2.94. The first-order valence-corrected chi connectivity index (χ1v) is 7.26. The molecule has 112 valence electrons. The van der Waals surface area contributed by atoms with E-state index >= 15 is 0 Å². The number of carboxylic acids is 1. The Morgan fingerprint density at radius 2 is 1.91 bits per heavy atom. The normalized spacial score (nSPS) is 17.3. The van der Waals surface area contributed by atoms with Crippen LogP contribution in [0.2, 0.25) is 0 Å². The first-order chi connectivity index (χ1) is 10.6. The average molecular weight is 295 g/mol. The summed E-state index contributed by atoms with van der Waals surface area (Å²) >= 11 is 0. The number of aromatic carboxylic acids is 1. The SMILES string of the molecule is Cc1c(C(=O)O)cccc1-c1ccc(C2CNC(=O)C2)cc1. The Labute approximate surface area is 128 Å². The van der Waals surface area contributed by atoms with Gasteiger partial charge in [0, 0.05) is 18.9 Å². The Bertz CT molecular complexity index is 734. The van der Waals surface area contributed by atoms with Crippen molar-refractivity contribution in [1.29, 1.82) is 0 Å². The molecule has 0 aromatic heterocycles. The summed E-state index contributed by atoms with van der Waals surface area (Å²) < 4.78 is 0. The highest BCUT2D eigenvalue weighted by atomic mass is 16.4. The van der Waals surface area contributed by atoms with Gasteiger partial charge in [-0.2, -0.15) is 0 Å².